The maximum Gasteiger partial charge on any atom is 0.257 e. The van der Waals surface area contributed by atoms with Crippen LogP contribution in [-0.4, -0.2) is 46.5 Å². The van der Waals surface area contributed by atoms with Crippen molar-refractivity contribution in [3.63, 3.8) is 0 Å². The number of hydrogen-bond acceptors (Lipinski definition) is 4. The Bertz CT molecular complexity index is 1470. The van der Waals surface area contributed by atoms with Gasteiger partial charge in [0, 0.05) is 46.7 Å². The van der Waals surface area contributed by atoms with Crippen LogP contribution in [0.25, 0.3) is 22.2 Å². The number of benzene rings is 3. The molecule has 4 aromatic rings. The summed E-state index contributed by atoms with van der Waals surface area (Å²) in [7, 11) is 0. The fraction of sp³-hybridized carbons (Fsp3) is 0.241. The third-order valence-corrected chi connectivity index (χ3v) is 7.40. The van der Waals surface area contributed by atoms with Crippen molar-refractivity contribution in [2.75, 3.05) is 30.3 Å². The Kier molecular flexibility index (Phi) is 5.99. The molecule has 1 fully saturated rings. The molecule has 0 atom stereocenters. The number of H-pyrrole nitrogens is 1. The van der Waals surface area contributed by atoms with Crippen molar-refractivity contribution in [2.45, 2.75) is 25.8 Å². The van der Waals surface area contributed by atoms with Crippen LogP contribution in [0.4, 0.5) is 11.4 Å². The number of carbonyl (C=O) groups is 1. The van der Waals surface area contributed by atoms with E-state index in [0.717, 1.165) is 71.6 Å². The van der Waals surface area contributed by atoms with Crippen molar-refractivity contribution in [3.8, 4) is 0 Å². The molecule has 1 saturated heterocycles. The minimum Gasteiger partial charge on any atom is -0.382 e. The summed E-state index contributed by atoms with van der Waals surface area (Å²) in [5.41, 5.74) is 6.67. The Labute approximate surface area is 215 Å². The molecule has 3 aromatic carbocycles. The largest absolute Gasteiger partial charge is 0.382 e. The van der Waals surface area contributed by atoms with E-state index in [2.05, 4.69) is 39.6 Å². The molecule has 3 N–H and O–H groups in total. The highest BCUT2D eigenvalue weighted by molar-refractivity contribution is 6.38. The first kappa shape index (κ1) is 22.8. The molecule has 6 nitrogen and oxygen atoms in total. The van der Waals surface area contributed by atoms with Gasteiger partial charge >= 0.3 is 0 Å². The molecule has 0 radical (unpaired) electrons. The average Bonchev–Trinajstić information content (AvgIpc) is 3.45. The molecule has 7 heteroatoms. The summed E-state index contributed by atoms with van der Waals surface area (Å²) in [5.74, 6) is 0.512. The van der Waals surface area contributed by atoms with Crippen molar-refractivity contribution in [3.05, 3.63) is 88.7 Å². The Morgan fingerprint density at radius 3 is 2.67 bits per heavy atom. The summed E-state index contributed by atoms with van der Waals surface area (Å²) >= 11 is 6.22. The molecule has 182 valence electrons. The maximum atomic E-state index is 13.4. The molecule has 0 saturated carbocycles. The van der Waals surface area contributed by atoms with Crippen molar-refractivity contribution in [1.82, 2.24) is 14.9 Å². The van der Waals surface area contributed by atoms with Gasteiger partial charge in [0.25, 0.3) is 5.91 Å². The molecule has 0 spiro atoms. The summed E-state index contributed by atoms with van der Waals surface area (Å²) in [5, 5.41) is 7.39. The number of piperidine rings is 1. The minimum absolute atomic E-state index is 0.129. The zero-order valence-corrected chi connectivity index (χ0v) is 20.9. The second-order valence-electron chi connectivity index (χ2n) is 9.43. The van der Waals surface area contributed by atoms with Crippen LogP contribution in [-0.2, 0) is 4.79 Å². The van der Waals surface area contributed by atoms with Crippen LogP contribution in [0.5, 0.6) is 0 Å². The molecule has 0 unspecified atom stereocenters. The maximum absolute atomic E-state index is 13.4. The van der Waals surface area contributed by atoms with Crippen LogP contribution in [0.1, 0.15) is 36.7 Å². The fourth-order valence-corrected chi connectivity index (χ4v) is 5.40. The number of likely N-dealkylation sites (tertiary alicyclic amines) is 1. The molecule has 0 bridgehead atoms. The molecule has 0 aliphatic carbocycles. The van der Waals surface area contributed by atoms with Crippen LogP contribution < -0.4 is 10.6 Å². The molecule has 1 amide bonds. The highest BCUT2D eigenvalue weighted by Gasteiger charge is 2.30. The Morgan fingerprint density at radius 1 is 1.08 bits per heavy atom. The fourth-order valence-electron chi connectivity index (χ4n) is 5.24. The van der Waals surface area contributed by atoms with Crippen molar-refractivity contribution in [2.24, 2.45) is 0 Å². The van der Waals surface area contributed by atoms with Gasteiger partial charge in [0.05, 0.1) is 16.6 Å². The average molecular weight is 498 g/mol. The topological polar surface area (TPSA) is 73.0 Å². The van der Waals surface area contributed by atoms with E-state index in [1.54, 1.807) is 0 Å². The molecule has 36 heavy (non-hydrogen) atoms. The van der Waals surface area contributed by atoms with Crippen molar-refractivity contribution < 1.29 is 4.79 Å². The molecule has 1 aromatic heterocycles. The first-order valence-corrected chi connectivity index (χ1v) is 12.9. The summed E-state index contributed by atoms with van der Waals surface area (Å²) < 4.78 is 0. The van der Waals surface area contributed by atoms with E-state index >= 15 is 0 Å². The molecule has 2 aliphatic rings. The standard InChI is InChI=1S/C29H28ClN5O/c1-2-35-14-12-20(13-15-35)31-21-9-11-23-22(17-21)27(29(36)34-23)26(18-6-4-3-5-7-18)28-32-24-10-8-19(30)16-25(24)33-28/h3-11,16-17,20,31H,2,12-15H2,1H3,(H,32,33)(H,34,36). The first-order valence-electron chi connectivity index (χ1n) is 12.5. The number of aromatic nitrogens is 2. The Balaban J connectivity index is 1.45. The molecule has 2 aliphatic heterocycles. The number of hydrogen-bond donors (Lipinski definition) is 3. The number of nitrogens with zero attached hydrogens (tertiary/aromatic N) is 2. The Morgan fingerprint density at radius 2 is 1.89 bits per heavy atom. The zero-order valence-electron chi connectivity index (χ0n) is 20.1. The van der Waals surface area contributed by atoms with Gasteiger partial charge in [-0.25, -0.2) is 4.98 Å². The number of carbonyl (C=O) groups excluding carboxylic acids is 1. The normalized spacial score (nSPS) is 17.8. The van der Waals surface area contributed by atoms with Crippen LogP contribution >= 0.6 is 11.6 Å². The van der Waals surface area contributed by atoms with Gasteiger partial charge in [0.2, 0.25) is 0 Å². The van der Waals surface area contributed by atoms with Gasteiger partial charge in [0.1, 0.15) is 5.82 Å². The van der Waals surface area contributed by atoms with Gasteiger partial charge in [-0.3, -0.25) is 4.79 Å². The number of nitrogens with one attached hydrogen (secondary N) is 3. The molecule has 3 heterocycles. The van der Waals surface area contributed by atoms with E-state index in [1.165, 1.54) is 0 Å². The quantitative estimate of drug-likeness (QED) is 0.295. The van der Waals surface area contributed by atoms with Gasteiger partial charge < -0.3 is 20.5 Å². The summed E-state index contributed by atoms with van der Waals surface area (Å²) in [6.07, 6.45) is 2.23. The van der Waals surface area contributed by atoms with Gasteiger partial charge in [-0.05, 0) is 61.3 Å². The monoisotopic (exact) mass is 497 g/mol. The zero-order chi connectivity index (χ0) is 24.6. The van der Waals surface area contributed by atoms with Gasteiger partial charge in [-0.1, -0.05) is 48.9 Å². The van der Waals surface area contributed by atoms with E-state index in [0.29, 0.717) is 22.5 Å². The molecule has 6 rings (SSSR count). The summed E-state index contributed by atoms with van der Waals surface area (Å²) in [4.78, 5) is 24.1. The van der Waals surface area contributed by atoms with Crippen molar-refractivity contribution >= 4 is 51.1 Å². The van der Waals surface area contributed by atoms with E-state index in [4.69, 9.17) is 16.6 Å². The number of fused-ring (bicyclic) bond motifs is 2. The highest BCUT2D eigenvalue weighted by Crippen LogP contribution is 2.41. The molecular weight excluding hydrogens is 470 g/mol. The Hall–Kier alpha value is -3.61. The number of anilines is 2. The summed E-state index contributed by atoms with van der Waals surface area (Å²) in [6, 6.07) is 22.1. The molecular formula is C29H28ClN5O. The highest BCUT2D eigenvalue weighted by atomic mass is 35.5. The number of imidazole rings is 1. The van der Waals surface area contributed by atoms with E-state index in [1.807, 2.05) is 54.6 Å². The van der Waals surface area contributed by atoms with Gasteiger partial charge in [-0.2, -0.15) is 0 Å². The lowest BCUT2D eigenvalue weighted by Gasteiger charge is -2.32. The smallest absolute Gasteiger partial charge is 0.257 e. The van der Waals surface area contributed by atoms with Crippen LogP contribution in [0, 0.1) is 0 Å². The number of aromatic amines is 1. The van der Waals surface area contributed by atoms with E-state index in [-0.39, 0.29) is 5.91 Å². The lowest BCUT2D eigenvalue weighted by Crippen LogP contribution is -2.38. The predicted octanol–water partition coefficient (Wildman–Crippen LogP) is 6.02. The van der Waals surface area contributed by atoms with Crippen LogP contribution in [0.15, 0.2) is 66.7 Å². The van der Waals surface area contributed by atoms with Gasteiger partial charge in [0.15, 0.2) is 0 Å². The van der Waals surface area contributed by atoms with E-state index in [9.17, 15) is 4.79 Å². The SMILES string of the molecule is CCN1CCC(Nc2ccc3c(c2)C(=C(c2ccccc2)c2nc4cc(Cl)ccc4[nH]2)C(=O)N3)CC1. The third-order valence-electron chi connectivity index (χ3n) is 7.16. The lowest BCUT2D eigenvalue weighted by atomic mass is 9.94. The number of halogens is 1. The van der Waals surface area contributed by atoms with E-state index < -0.39 is 0 Å². The van der Waals surface area contributed by atoms with Crippen LogP contribution in [0.3, 0.4) is 0 Å². The second kappa shape index (κ2) is 9.45. The van der Waals surface area contributed by atoms with Crippen molar-refractivity contribution in [1.29, 1.82) is 0 Å². The number of rotatable bonds is 5. The first-order chi connectivity index (χ1) is 17.6. The second-order valence-corrected chi connectivity index (χ2v) is 9.87. The summed E-state index contributed by atoms with van der Waals surface area (Å²) in [6.45, 7) is 5.54. The predicted molar refractivity (Wildman–Crippen MR) is 147 cm³/mol. The lowest BCUT2D eigenvalue weighted by molar-refractivity contribution is -0.110. The van der Waals surface area contributed by atoms with Crippen LogP contribution in [0.2, 0.25) is 5.02 Å². The third kappa shape index (κ3) is 4.27. The minimum atomic E-state index is -0.129. The number of amides is 1. The van der Waals surface area contributed by atoms with Gasteiger partial charge in [-0.15, -0.1) is 0 Å².